The number of ketones is 1. The summed E-state index contributed by atoms with van der Waals surface area (Å²) in [6, 6.07) is 11.3. The van der Waals surface area contributed by atoms with Gasteiger partial charge in [0.25, 0.3) is 5.92 Å². The maximum atomic E-state index is 15.4. The third-order valence-electron chi connectivity index (χ3n) is 9.96. The number of Topliss-reactive ketones (excluding diaryl/α,β-unsaturated/α-hetero) is 1. The van der Waals surface area contributed by atoms with Crippen LogP contribution in [-0.2, 0) is 52.5 Å². The van der Waals surface area contributed by atoms with Gasteiger partial charge < -0.3 is 0 Å². The molecule has 0 radical (unpaired) electrons. The second-order valence-corrected chi connectivity index (χ2v) is 16.9. The number of aromatic nitrogens is 5. The molecule has 0 spiro atoms. The summed E-state index contributed by atoms with van der Waals surface area (Å²) in [7, 11) is 1.76. The predicted molar refractivity (Wildman–Crippen MR) is 192 cm³/mol. The number of sulfone groups is 1. The zero-order valence-electron chi connectivity index (χ0n) is 30.6. The predicted octanol–water partition coefficient (Wildman–Crippen LogP) is 6.78. The van der Waals surface area contributed by atoms with E-state index < -0.39 is 87.0 Å². The first-order chi connectivity index (χ1) is 26.2. The van der Waals surface area contributed by atoms with Gasteiger partial charge in [-0.05, 0) is 68.6 Å². The summed E-state index contributed by atoms with van der Waals surface area (Å²) < 4.78 is 129. The molecule has 0 bridgehead atoms. The van der Waals surface area contributed by atoms with Crippen LogP contribution in [0.5, 0.6) is 0 Å². The second-order valence-electron chi connectivity index (χ2n) is 14.8. The number of benzene rings is 2. The molecule has 3 heterocycles. The van der Waals surface area contributed by atoms with Crippen LogP contribution in [0.15, 0.2) is 48.5 Å². The first kappa shape index (κ1) is 39.2. The van der Waals surface area contributed by atoms with Gasteiger partial charge in [-0.3, -0.25) is 19.1 Å². The third kappa shape index (κ3) is 7.68. The maximum absolute atomic E-state index is 15.4. The van der Waals surface area contributed by atoms with Crippen LogP contribution in [0.25, 0.3) is 22.0 Å². The Morgan fingerprint density at radius 1 is 1.05 bits per heavy atom. The minimum atomic E-state index is -5.03. The van der Waals surface area contributed by atoms with Crippen molar-refractivity contribution in [1.29, 1.82) is 0 Å². The maximum Gasteiger partial charge on any atom is 0.435 e. The molecule has 17 heteroatoms. The van der Waals surface area contributed by atoms with Crippen LogP contribution < -0.4 is 0 Å². The quantitative estimate of drug-likeness (QED) is 0.107. The Morgan fingerprint density at radius 3 is 2.43 bits per heavy atom. The lowest BCUT2D eigenvalue weighted by atomic mass is 9.86. The van der Waals surface area contributed by atoms with Crippen LogP contribution in [0.4, 0.5) is 30.7 Å². The van der Waals surface area contributed by atoms with Gasteiger partial charge in [0.1, 0.15) is 29.6 Å². The Bertz CT molecular complexity index is 2550. The van der Waals surface area contributed by atoms with Gasteiger partial charge in [-0.2, -0.15) is 32.1 Å². The molecule has 0 unspecified atom stereocenters. The van der Waals surface area contributed by atoms with Gasteiger partial charge in [-0.25, -0.2) is 22.2 Å². The molecule has 7 rings (SSSR count). The van der Waals surface area contributed by atoms with Gasteiger partial charge in [0.2, 0.25) is 0 Å². The molecule has 2 aliphatic carbocycles. The molecule has 0 N–H and O–H groups in total. The van der Waals surface area contributed by atoms with E-state index in [1.54, 1.807) is 37.4 Å². The SMILES string of the molecule is CN(C)CC#Cc1ccc(-c2cccc3c(CS(C)(=O)=O)nn(C)c23)c([C@@H](CC(=O)Cn2nc(C(F)(F)F)c3c2C(F)(F)[C@@H]2C[C@H]32)Cc2cc(F)cc(F)c2)n1. The van der Waals surface area contributed by atoms with E-state index in [1.807, 2.05) is 19.0 Å². The summed E-state index contributed by atoms with van der Waals surface area (Å²) in [6.07, 6.45) is -4.78. The number of nitrogens with zero attached hydrogens (tertiary/aromatic N) is 6. The second kappa shape index (κ2) is 14.1. The summed E-state index contributed by atoms with van der Waals surface area (Å²) in [5.41, 5.74) is -0.622. The van der Waals surface area contributed by atoms with Crippen molar-refractivity contribution in [2.45, 2.75) is 55.5 Å². The highest BCUT2D eigenvalue weighted by Crippen LogP contribution is 2.68. The molecule has 1 saturated carbocycles. The van der Waals surface area contributed by atoms with E-state index in [4.69, 9.17) is 4.98 Å². The highest BCUT2D eigenvalue weighted by atomic mass is 32.2. The van der Waals surface area contributed by atoms with Crippen LogP contribution in [0.1, 0.15) is 64.3 Å². The number of aryl methyl sites for hydroxylation is 1. The van der Waals surface area contributed by atoms with E-state index in [9.17, 15) is 35.2 Å². The summed E-state index contributed by atoms with van der Waals surface area (Å²) in [6.45, 7) is -0.563. The van der Waals surface area contributed by atoms with Gasteiger partial charge in [0, 0.05) is 59.7 Å². The minimum absolute atomic E-state index is 0.115. The minimum Gasteiger partial charge on any atom is -0.299 e. The topological polar surface area (TPSA) is 103 Å². The smallest absolute Gasteiger partial charge is 0.299 e. The summed E-state index contributed by atoms with van der Waals surface area (Å²) in [5, 5.41) is 8.48. The molecule has 9 nitrogen and oxygen atoms in total. The fraction of sp³-hybridized carbons (Fsp3) is 0.385. The Hall–Kier alpha value is -5.08. The zero-order chi connectivity index (χ0) is 40.5. The standard InChI is InChI=1S/C39H35F7N6O3S/c1-50(2)12-6-7-25-10-11-27(28-8-5-9-29-32(20-56(4,54)55)48-51(3)35(28)29)34(47-25)22(13-21-14-23(40)17-24(41)15-21)16-26(53)19-52-37-33(36(49-52)39(44,45)46)30-18-31(30)38(37,42)43/h5,8-11,14-15,17,22,30-31H,12-13,16,18-20H2,1-4H3/t22-,30+,31-/m1/s1. The van der Waals surface area contributed by atoms with Crippen molar-refractivity contribution in [2.75, 3.05) is 26.9 Å². The number of para-hydroxylation sites is 1. The summed E-state index contributed by atoms with van der Waals surface area (Å²) >= 11 is 0. The van der Waals surface area contributed by atoms with E-state index in [0.717, 1.165) is 18.4 Å². The van der Waals surface area contributed by atoms with Crippen molar-refractivity contribution in [1.82, 2.24) is 29.4 Å². The lowest BCUT2D eigenvalue weighted by Gasteiger charge is -2.21. The van der Waals surface area contributed by atoms with E-state index in [-0.39, 0.29) is 41.2 Å². The van der Waals surface area contributed by atoms with Crippen molar-refractivity contribution in [3.8, 4) is 23.0 Å². The highest BCUT2D eigenvalue weighted by Gasteiger charge is 2.68. The number of hydrogen-bond donors (Lipinski definition) is 0. The van der Waals surface area contributed by atoms with E-state index in [1.165, 1.54) is 4.68 Å². The van der Waals surface area contributed by atoms with Crippen LogP contribution in [0.3, 0.4) is 0 Å². The average Bonchev–Trinajstić information content (AvgIpc) is 3.63. The number of carbonyl (C=O) groups excluding carboxylic acids is 1. The van der Waals surface area contributed by atoms with Gasteiger partial charge >= 0.3 is 6.18 Å². The molecule has 5 aromatic rings. The van der Waals surface area contributed by atoms with Crippen molar-refractivity contribution in [2.24, 2.45) is 13.0 Å². The number of rotatable bonds is 11. The van der Waals surface area contributed by atoms with Crippen LogP contribution in [-0.4, -0.2) is 70.5 Å². The van der Waals surface area contributed by atoms with E-state index in [0.29, 0.717) is 39.3 Å². The lowest BCUT2D eigenvalue weighted by Crippen LogP contribution is -2.24. The monoisotopic (exact) mass is 800 g/mol. The van der Waals surface area contributed by atoms with Gasteiger partial charge in [0.15, 0.2) is 21.3 Å². The van der Waals surface area contributed by atoms with Crippen LogP contribution in [0.2, 0.25) is 0 Å². The summed E-state index contributed by atoms with van der Waals surface area (Å²) in [4.78, 5) is 20.7. The fourth-order valence-corrected chi connectivity index (χ4v) is 8.44. The van der Waals surface area contributed by atoms with Crippen LogP contribution in [0, 0.1) is 29.4 Å². The van der Waals surface area contributed by atoms with Gasteiger partial charge in [-0.15, -0.1) is 0 Å². The number of carbonyl (C=O) groups is 1. The highest BCUT2D eigenvalue weighted by molar-refractivity contribution is 7.89. The van der Waals surface area contributed by atoms with Crippen molar-refractivity contribution in [3.63, 3.8) is 0 Å². The Morgan fingerprint density at radius 2 is 1.77 bits per heavy atom. The normalized spacial score (nSPS) is 17.8. The molecule has 56 heavy (non-hydrogen) atoms. The molecule has 0 amide bonds. The fourth-order valence-electron chi connectivity index (χ4n) is 7.73. The molecule has 3 aromatic heterocycles. The van der Waals surface area contributed by atoms with E-state index >= 15 is 8.78 Å². The van der Waals surface area contributed by atoms with Gasteiger partial charge in [0.05, 0.1) is 29.2 Å². The molecule has 1 fully saturated rings. The van der Waals surface area contributed by atoms with Crippen LogP contribution >= 0.6 is 0 Å². The third-order valence-corrected chi connectivity index (χ3v) is 10.8. The first-order valence-electron chi connectivity index (χ1n) is 17.5. The lowest BCUT2D eigenvalue weighted by molar-refractivity contribution is -0.142. The van der Waals surface area contributed by atoms with E-state index in [2.05, 4.69) is 22.0 Å². The molecule has 2 aliphatic rings. The molecule has 294 valence electrons. The zero-order valence-corrected chi connectivity index (χ0v) is 31.4. The number of pyridine rings is 1. The molecule has 2 aromatic carbocycles. The Labute approximate surface area is 317 Å². The van der Waals surface area contributed by atoms with Crippen molar-refractivity contribution >= 4 is 26.5 Å². The number of hydrogen-bond acceptors (Lipinski definition) is 7. The Balaban J connectivity index is 1.36. The van der Waals surface area contributed by atoms with Crippen molar-refractivity contribution < 1.29 is 43.9 Å². The Kier molecular flexibility index (Phi) is 9.89. The first-order valence-corrected chi connectivity index (χ1v) is 19.6. The van der Waals surface area contributed by atoms with Gasteiger partial charge in [-0.1, -0.05) is 24.1 Å². The molecular formula is C39H35F7N6O3S. The number of halogens is 7. The largest absolute Gasteiger partial charge is 0.435 e. The number of alkyl halides is 5. The van der Waals surface area contributed by atoms with Crippen molar-refractivity contribution in [3.05, 3.63) is 99.8 Å². The summed E-state index contributed by atoms with van der Waals surface area (Å²) in [5.74, 6) is -3.94. The number of fused-ring (bicyclic) bond motifs is 4. The molecule has 0 aliphatic heterocycles. The average molecular weight is 801 g/mol. The molecule has 0 saturated heterocycles. The molecular weight excluding hydrogens is 766 g/mol. The molecule has 3 atom stereocenters.